The molecule has 350 valence electrons. The second-order valence-corrected chi connectivity index (χ2v) is 16.6. The maximum absolute atomic E-state index is 13.7. The number of carbonyl (C=O) groups is 10. The van der Waals surface area contributed by atoms with E-state index in [4.69, 9.17) is 16.6 Å². The molecule has 0 spiro atoms. The van der Waals surface area contributed by atoms with Gasteiger partial charge in [0, 0.05) is 45.6 Å². The van der Waals surface area contributed by atoms with Crippen molar-refractivity contribution in [3.8, 4) is 0 Å². The summed E-state index contributed by atoms with van der Waals surface area (Å²) in [5, 5.41) is 39.6. The summed E-state index contributed by atoms with van der Waals surface area (Å²) in [6.07, 6.45) is 1.27. The molecule has 63 heavy (non-hydrogen) atoms. The van der Waals surface area contributed by atoms with Crippen molar-refractivity contribution in [2.24, 2.45) is 11.5 Å². The summed E-state index contributed by atoms with van der Waals surface area (Å²) in [7, 11) is 0. The zero-order valence-electron chi connectivity index (χ0n) is 35.3. The number of β-amino-alcohol motifs (C(OH)–C–C–N with tert-alkyl or cyclic N) is 2. The molecule has 5 aliphatic rings. The highest BCUT2D eigenvalue weighted by Gasteiger charge is 2.46. The molecule has 5 rings (SSSR count). The van der Waals surface area contributed by atoms with Crippen LogP contribution in [-0.4, -0.2) is 213 Å². The monoisotopic (exact) mass is 891 g/mol. The number of unbranched alkanes of at least 4 members (excludes halogenated alkanes) is 1. The average molecular weight is 892 g/mol. The Morgan fingerprint density at radius 1 is 0.556 bits per heavy atom. The molecule has 0 aromatic heterocycles. The summed E-state index contributed by atoms with van der Waals surface area (Å²) in [5.74, 6) is -6.71. The zero-order chi connectivity index (χ0) is 46.0. The van der Waals surface area contributed by atoms with E-state index < -0.39 is 127 Å². The Balaban J connectivity index is 1.15. The summed E-state index contributed by atoms with van der Waals surface area (Å²) in [4.78, 5) is 137. The first-order chi connectivity index (χ1) is 30.1. The fraction of sp³-hybridized carbons (Fsp3) is 0.744. The number of nitrogens with one attached hydrogen (secondary N) is 4. The number of carbonyl (C=O) groups excluding carboxylic acids is 9. The van der Waals surface area contributed by atoms with Crippen LogP contribution in [0, 0.1) is 0 Å². The van der Waals surface area contributed by atoms with E-state index in [2.05, 4.69) is 21.3 Å². The number of hydrogen-bond acceptors (Lipinski definition) is 14. The Labute approximate surface area is 363 Å². The SMILES string of the molecule is NCCCC[C@H](NC(=O)[C@@H]1CCCN1C(=O)CNC(=O)[C@@H]1C[C@@H](O)CN1C(=O)[C@@H]1CCCN1C(=O)CN)C(=O)NCC(=O)N1CCC[C@H]1C(=O)N1C[C@H](O)C[C@H]1C(=O)NCC(=O)O. The van der Waals surface area contributed by atoms with E-state index in [0.29, 0.717) is 51.6 Å². The van der Waals surface area contributed by atoms with Gasteiger partial charge in [-0.25, -0.2) is 0 Å². The van der Waals surface area contributed by atoms with E-state index in [-0.39, 0.29) is 64.8 Å². The van der Waals surface area contributed by atoms with Gasteiger partial charge in [0.25, 0.3) is 0 Å². The van der Waals surface area contributed by atoms with Gasteiger partial charge < -0.3 is 72.6 Å². The molecule has 11 N–H and O–H groups in total. The number of likely N-dealkylation sites (tertiary alicyclic amines) is 5. The minimum Gasteiger partial charge on any atom is -0.480 e. The van der Waals surface area contributed by atoms with Crippen LogP contribution in [-0.2, 0) is 47.9 Å². The van der Waals surface area contributed by atoms with Crippen molar-refractivity contribution >= 4 is 59.1 Å². The highest BCUT2D eigenvalue weighted by atomic mass is 16.4. The third-order valence-electron chi connectivity index (χ3n) is 12.3. The van der Waals surface area contributed by atoms with Gasteiger partial charge in [-0.05, 0) is 64.3 Å². The number of carboxylic acid groups (broad SMARTS) is 1. The molecule has 5 heterocycles. The molecule has 5 aliphatic heterocycles. The molecule has 0 bridgehead atoms. The first-order valence-electron chi connectivity index (χ1n) is 21.7. The van der Waals surface area contributed by atoms with E-state index in [1.807, 2.05) is 0 Å². The summed E-state index contributed by atoms with van der Waals surface area (Å²) < 4.78 is 0. The van der Waals surface area contributed by atoms with Crippen LogP contribution in [0.4, 0.5) is 0 Å². The van der Waals surface area contributed by atoms with Crippen LogP contribution in [0.25, 0.3) is 0 Å². The van der Waals surface area contributed by atoms with Gasteiger partial charge in [-0.3, -0.25) is 47.9 Å². The maximum Gasteiger partial charge on any atom is 0.322 e. The van der Waals surface area contributed by atoms with Gasteiger partial charge in [0.15, 0.2) is 0 Å². The Morgan fingerprint density at radius 2 is 1.02 bits per heavy atom. The van der Waals surface area contributed by atoms with Gasteiger partial charge >= 0.3 is 5.97 Å². The molecular weight excluding hydrogens is 830 g/mol. The molecule has 0 aromatic rings. The summed E-state index contributed by atoms with van der Waals surface area (Å²) >= 11 is 0. The van der Waals surface area contributed by atoms with Crippen LogP contribution >= 0.6 is 0 Å². The lowest BCUT2D eigenvalue weighted by atomic mass is 10.1. The van der Waals surface area contributed by atoms with E-state index >= 15 is 0 Å². The minimum absolute atomic E-state index is 0.0737. The number of aliphatic carboxylic acids is 1. The van der Waals surface area contributed by atoms with Crippen LogP contribution in [0.5, 0.6) is 0 Å². The zero-order valence-corrected chi connectivity index (χ0v) is 35.3. The van der Waals surface area contributed by atoms with Crippen LogP contribution in [0.1, 0.15) is 70.6 Å². The van der Waals surface area contributed by atoms with Gasteiger partial charge in [-0.1, -0.05) is 0 Å². The summed E-state index contributed by atoms with van der Waals surface area (Å²) in [5.41, 5.74) is 11.2. The Kier molecular flexibility index (Phi) is 17.2. The third kappa shape index (κ3) is 12.0. The van der Waals surface area contributed by atoms with Gasteiger partial charge in [0.1, 0.15) is 42.8 Å². The van der Waals surface area contributed by atoms with Crippen molar-refractivity contribution in [3.05, 3.63) is 0 Å². The molecule has 24 nitrogen and oxygen atoms in total. The molecule has 0 aliphatic carbocycles. The fourth-order valence-corrected chi connectivity index (χ4v) is 9.17. The van der Waals surface area contributed by atoms with Crippen molar-refractivity contribution in [2.45, 2.75) is 119 Å². The summed E-state index contributed by atoms with van der Waals surface area (Å²) in [6, 6.07) is -6.16. The number of nitrogens with zero attached hydrogens (tertiary/aromatic N) is 5. The Bertz CT molecular complexity index is 1770. The molecule has 5 fully saturated rings. The lowest BCUT2D eigenvalue weighted by Crippen LogP contribution is -2.56. The normalized spacial score (nSPS) is 26.1. The second kappa shape index (κ2) is 22.2. The average Bonchev–Trinajstić information content (AvgIpc) is 4.12. The fourth-order valence-electron chi connectivity index (χ4n) is 9.17. The van der Waals surface area contributed by atoms with E-state index in [1.54, 1.807) is 0 Å². The quantitative estimate of drug-likeness (QED) is 0.0579. The van der Waals surface area contributed by atoms with Crippen molar-refractivity contribution in [1.29, 1.82) is 0 Å². The van der Waals surface area contributed by atoms with E-state index in [0.717, 1.165) is 4.90 Å². The van der Waals surface area contributed by atoms with Crippen LogP contribution in [0.2, 0.25) is 0 Å². The van der Waals surface area contributed by atoms with Crippen molar-refractivity contribution in [3.63, 3.8) is 0 Å². The van der Waals surface area contributed by atoms with E-state index in [1.165, 1.54) is 19.6 Å². The van der Waals surface area contributed by atoms with Gasteiger partial charge in [0.05, 0.1) is 31.8 Å². The van der Waals surface area contributed by atoms with Crippen LogP contribution < -0.4 is 32.7 Å². The second-order valence-electron chi connectivity index (χ2n) is 16.6. The predicted octanol–water partition coefficient (Wildman–Crippen LogP) is -6.11. The standard InChI is InChI=1S/C39H61N11O13/c40-10-2-1-6-24(34(58)42-17-32(55)48-13-5-9-27(48)39(63)50-21-23(52)15-29(50)36(60)44-19-33(56)57)45-37(61)25-7-3-11-46(25)31(54)18-43-35(59)28-14-22(51)20-49(28)38(62)26-8-4-12-47(26)30(53)16-41/h22-29,51-52H,1-21,40-41H2,(H,42,58)(H,43,59)(H,44,60)(H,45,61)(H,56,57)/t22-,23-,24+,25+,26+,27+,28+,29+/m1/s1. The first kappa shape index (κ1) is 48.6. The molecule has 0 saturated carbocycles. The number of amides is 9. The summed E-state index contributed by atoms with van der Waals surface area (Å²) in [6.45, 7) is -1.29. The van der Waals surface area contributed by atoms with Crippen LogP contribution in [0.15, 0.2) is 0 Å². The van der Waals surface area contributed by atoms with Crippen molar-refractivity contribution < 1.29 is 63.3 Å². The molecule has 5 saturated heterocycles. The first-order valence-corrected chi connectivity index (χ1v) is 21.7. The lowest BCUT2D eigenvalue weighted by Gasteiger charge is -2.31. The van der Waals surface area contributed by atoms with Gasteiger partial charge in [0.2, 0.25) is 53.2 Å². The molecule has 0 radical (unpaired) electrons. The molecule has 9 amide bonds. The number of aliphatic hydroxyl groups is 2. The lowest BCUT2D eigenvalue weighted by molar-refractivity contribution is -0.147. The van der Waals surface area contributed by atoms with Crippen LogP contribution in [0.3, 0.4) is 0 Å². The topological polar surface area (TPSA) is 348 Å². The van der Waals surface area contributed by atoms with Gasteiger partial charge in [-0.2, -0.15) is 0 Å². The number of aliphatic hydroxyl groups excluding tert-OH is 2. The van der Waals surface area contributed by atoms with Crippen molar-refractivity contribution in [1.82, 2.24) is 45.8 Å². The number of carboxylic acids is 1. The van der Waals surface area contributed by atoms with E-state index in [9.17, 15) is 58.2 Å². The third-order valence-corrected chi connectivity index (χ3v) is 12.3. The number of rotatable bonds is 18. The Morgan fingerprint density at radius 3 is 1.51 bits per heavy atom. The predicted molar refractivity (Wildman–Crippen MR) is 217 cm³/mol. The van der Waals surface area contributed by atoms with Crippen molar-refractivity contribution in [2.75, 3.05) is 65.4 Å². The molecule has 8 atom stereocenters. The molecule has 0 unspecified atom stereocenters. The largest absolute Gasteiger partial charge is 0.480 e. The maximum atomic E-state index is 13.7. The number of hydrogen-bond donors (Lipinski definition) is 9. The number of nitrogens with two attached hydrogens (primary N) is 2. The highest BCUT2D eigenvalue weighted by molar-refractivity contribution is 5.98. The molecule has 0 aromatic carbocycles. The minimum atomic E-state index is -1.28. The molecule has 24 heteroatoms. The smallest absolute Gasteiger partial charge is 0.322 e. The Hall–Kier alpha value is -5.46. The molecular formula is C39H61N11O13. The highest BCUT2D eigenvalue weighted by Crippen LogP contribution is 2.27. The van der Waals surface area contributed by atoms with Gasteiger partial charge in [-0.15, -0.1) is 0 Å².